The predicted molar refractivity (Wildman–Crippen MR) is 76.6 cm³/mol. The molecule has 1 aromatic carbocycles. The molecular weight excluding hydrogens is 270 g/mol. The number of ether oxygens (including phenoxy) is 2. The third kappa shape index (κ3) is 2.60. The van der Waals surface area contributed by atoms with Crippen LogP contribution in [0.15, 0.2) is 24.3 Å². The van der Waals surface area contributed by atoms with Gasteiger partial charge in [0.05, 0.1) is 25.1 Å². The van der Waals surface area contributed by atoms with E-state index in [0.717, 1.165) is 0 Å². The minimum absolute atomic E-state index is 0.0701. The monoisotopic (exact) mass is 289 g/mol. The van der Waals surface area contributed by atoms with Gasteiger partial charge >= 0.3 is 6.09 Å². The molecule has 0 aliphatic carbocycles. The standard InChI is InChI=1S/C16H19NO4/c1-15(2,3)21-14(19)17-9-16(10-17)8-12(18)11-6-4-5-7-13(11)20-16/h4-7H,8-10H2,1-3H3. The summed E-state index contributed by atoms with van der Waals surface area (Å²) in [6.45, 7) is 6.27. The normalized spacial score (nSPS) is 19.6. The van der Waals surface area contributed by atoms with Crippen molar-refractivity contribution in [3.8, 4) is 5.75 Å². The molecule has 3 rings (SSSR count). The third-order valence-corrected chi connectivity index (χ3v) is 3.61. The van der Waals surface area contributed by atoms with Gasteiger partial charge in [-0.1, -0.05) is 12.1 Å². The van der Waals surface area contributed by atoms with E-state index in [-0.39, 0.29) is 11.9 Å². The fourth-order valence-corrected chi connectivity index (χ4v) is 2.72. The maximum atomic E-state index is 12.2. The number of benzene rings is 1. The van der Waals surface area contributed by atoms with Crippen molar-refractivity contribution < 1.29 is 19.1 Å². The Bertz CT molecular complexity index is 597. The maximum absolute atomic E-state index is 12.2. The van der Waals surface area contributed by atoms with Gasteiger partial charge in [0.1, 0.15) is 11.4 Å². The molecule has 21 heavy (non-hydrogen) atoms. The van der Waals surface area contributed by atoms with Crippen molar-refractivity contribution in [3.63, 3.8) is 0 Å². The highest BCUT2D eigenvalue weighted by Gasteiger charge is 2.52. The highest BCUT2D eigenvalue weighted by molar-refractivity contribution is 6.00. The van der Waals surface area contributed by atoms with Crippen LogP contribution in [0.5, 0.6) is 5.75 Å². The number of amides is 1. The first-order valence-corrected chi connectivity index (χ1v) is 7.07. The van der Waals surface area contributed by atoms with E-state index >= 15 is 0 Å². The molecular formula is C16H19NO4. The first-order valence-electron chi connectivity index (χ1n) is 7.07. The molecule has 1 spiro atoms. The lowest BCUT2D eigenvalue weighted by molar-refractivity contribution is -0.0846. The summed E-state index contributed by atoms with van der Waals surface area (Å²) in [6.07, 6.45) is -0.0495. The number of Topliss-reactive ketones (excluding diaryl/α,β-unsaturated/α-hetero) is 1. The van der Waals surface area contributed by atoms with E-state index < -0.39 is 11.2 Å². The lowest BCUT2D eigenvalue weighted by Gasteiger charge is -2.50. The fourth-order valence-electron chi connectivity index (χ4n) is 2.72. The van der Waals surface area contributed by atoms with Crippen LogP contribution in [0, 0.1) is 0 Å². The van der Waals surface area contributed by atoms with Crippen molar-refractivity contribution in [2.75, 3.05) is 13.1 Å². The Balaban J connectivity index is 1.69. The number of ketones is 1. The van der Waals surface area contributed by atoms with Crippen LogP contribution in [0.4, 0.5) is 4.79 Å². The fraction of sp³-hybridized carbons (Fsp3) is 0.500. The number of hydrogen-bond acceptors (Lipinski definition) is 4. The van der Waals surface area contributed by atoms with Gasteiger partial charge in [-0.25, -0.2) is 4.79 Å². The molecule has 0 unspecified atom stereocenters. The van der Waals surface area contributed by atoms with Crippen LogP contribution in [-0.2, 0) is 4.74 Å². The van der Waals surface area contributed by atoms with E-state index in [4.69, 9.17) is 9.47 Å². The van der Waals surface area contributed by atoms with Crippen LogP contribution in [0.2, 0.25) is 0 Å². The first kappa shape index (κ1) is 13.9. The molecule has 2 aliphatic rings. The van der Waals surface area contributed by atoms with Crippen LogP contribution >= 0.6 is 0 Å². The van der Waals surface area contributed by atoms with Gasteiger partial charge < -0.3 is 9.47 Å². The Morgan fingerprint density at radius 2 is 1.95 bits per heavy atom. The average Bonchev–Trinajstić information content (AvgIpc) is 2.33. The molecule has 112 valence electrons. The zero-order valence-electron chi connectivity index (χ0n) is 12.5. The van der Waals surface area contributed by atoms with E-state index in [2.05, 4.69) is 0 Å². The van der Waals surface area contributed by atoms with Gasteiger partial charge in [0, 0.05) is 0 Å². The van der Waals surface area contributed by atoms with Gasteiger partial charge in [-0.05, 0) is 32.9 Å². The predicted octanol–water partition coefficient (Wildman–Crippen LogP) is 2.64. The molecule has 1 aromatic rings. The van der Waals surface area contributed by atoms with Gasteiger partial charge in [0.25, 0.3) is 0 Å². The van der Waals surface area contributed by atoms with Crippen molar-refractivity contribution in [1.29, 1.82) is 0 Å². The number of carbonyl (C=O) groups is 2. The highest BCUT2D eigenvalue weighted by Crippen LogP contribution is 2.38. The zero-order valence-corrected chi connectivity index (χ0v) is 12.5. The molecule has 0 atom stereocenters. The number of carbonyl (C=O) groups excluding carboxylic acids is 2. The summed E-state index contributed by atoms with van der Waals surface area (Å²) in [5, 5.41) is 0. The van der Waals surface area contributed by atoms with Crippen LogP contribution in [-0.4, -0.2) is 41.1 Å². The van der Waals surface area contributed by atoms with Gasteiger partial charge in [-0.3, -0.25) is 9.69 Å². The van der Waals surface area contributed by atoms with Gasteiger partial charge in [-0.2, -0.15) is 0 Å². The van der Waals surface area contributed by atoms with Crippen molar-refractivity contribution in [2.45, 2.75) is 38.4 Å². The summed E-state index contributed by atoms with van der Waals surface area (Å²) in [4.78, 5) is 25.7. The second kappa shape index (κ2) is 4.48. The highest BCUT2D eigenvalue weighted by atomic mass is 16.6. The molecule has 1 amide bonds. The summed E-state index contributed by atoms with van der Waals surface area (Å²) in [5.74, 6) is 0.679. The van der Waals surface area contributed by atoms with Crippen molar-refractivity contribution in [3.05, 3.63) is 29.8 Å². The molecule has 0 N–H and O–H groups in total. The molecule has 0 radical (unpaired) electrons. The van der Waals surface area contributed by atoms with Gasteiger partial charge in [0.2, 0.25) is 0 Å². The third-order valence-electron chi connectivity index (χ3n) is 3.61. The molecule has 2 heterocycles. The van der Waals surface area contributed by atoms with E-state index in [9.17, 15) is 9.59 Å². The average molecular weight is 289 g/mol. The van der Waals surface area contributed by atoms with Gasteiger partial charge in [0.15, 0.2) is 11.4 Å². The summed E-state index contributed by atoms with van der Waals surface area (Å²) in [7, 11) is 0. The molecule has 0 aromatic heterocycles. The lowest BCUT2D eigenvalue weighted by atomic mass is 9.84. The van der Waals surface area contributed by atoms with Crippen LogP contribution in [0.1, 0.15) is 37.6 Å². The number of rotatable bonds is 0. The quantitative estimate of drug-likeness (QED) is 0.736. The first-order chi connectivity index (χ1) is 9.78. The largest absolute Gasteiger partial charge is 0.482 e. The Morgan fingerprint density at radius 1 is 1.29 bits per heavy atom. The summed E-state index contributed by atoms with van der Waals surface area (Å²) in [6, 6.07) is 7.24. The second-order valence-corrected chi connectivity index (χ2v) is 6.72. The number of hydrogen-bond donors (Lipinski definition) is 0. The number of nitrogens with zero attached hydrogens (tertiary/aromatic N) is 1. The van der Waals surface area contributed by atoms with Crippen LogP contribution in [0.25, 0.3) is 0 Å². The number of fused-ring (bicyclic) bond motifs is 1. The van der Waals surface area contributed by atoms with Crippen LogP contribution < -0.4 is 4.74 Å². The van der Waals surface area contributed by atoms with Crippen molar-refractivity contribution in [1.82, 2.24) is 4.90 Å². The molecule has 0 saturated carbocycles. The maximum Gasteiger partial charge on any atom is 0.410 e. The van der Waals surface area contributed by atoms with Crippen molar-refractivity contribution in [2.24, 2.45) is 0 Å². The minimum Gasteiger partial charge on any atom is -0.482 e. The molecule has 5 nitrogen and oxygen atoms in total. The number of likely N-dealkylation sites (tertiary alicyclic amines) is 1. The number of para-hydroxylation sites is 1. The minimum atomic E-state index is -0.581. The summed E-state index contributed by atoms with van der Waals surface area (Å²) in [5.41, 5.74) is -0.475. The lowest BCUT2D eigenvalue weighted by Crippen LogP contribution is -2.68. The van der Waals surface area contributed by atoms with Crippen molar-refractivity contribution >= 4 is 11.9 Å². The Hall–Kier alpha value is -2.04. The second-order valence-electron chi connectivity index (χ2n) is 6.72. The zero-order chi connectivity index (χ0) is 15.3. The molecule has 1 saturated heterocycles. The summed E-state index contributed by atoms with van der Waals surface area (Å²) < 4.78 is 11.3. The Labute approximate surface area is 123 Å². The molecule has 2 aliphatic heterocycles. The topological polar surface area (TPSA) is 55.8 Å². The van der Waals surface area contributed by atoms with E-state index in [1.54, 1.807) is 17.0 Å². The van der Waals surface area contributed by atoms with E-state index in [1.165, 1.54) is 0 Å². The molecule has 5 heteroatoms. The van der Waals surface area contributed by atoms with E-state index in [1.807, 2.05) is 32.9 Å². The SMILES string of the molecule is CC(C)(C)OC(=O)N1CC2(CC(=O)c3ccccc3O2)C1. The Kier molecular flexibility index (Phi) is 2.97. The Morgan fingerprint density at radius 3 is 2.62 bits per heavy atom. The smallest absolute Gasteiger partial charge is 0.410 e. The van der Waals surface area contributed by atoms with Crippen LogP contribution in [0.3, 0.4) is 0 Å². The van der Waals surface area contributed by atoms with E-state index in [0.29, 0.717) is 30.8 Å². The molecule has 1 fully saturated rings. The summed E-state index contributed by atoms with van der Waals surface area (Å²) >= 11 is 0. The molecule has 0 bridgehead atoms. The van der Waals surface area contributed by atoms with Gasteiger partial charge in [-0.15, -0.1) is 0 Å².